The molecule has 0 aliphatic carbocycles. The summed E-state index contributed by atoms with van der Waals surface area (Å²) in [7, 11) is -2.80. The van der Waals surface area contributed by atoms with Crippen LogP contribution in [-0.4, -0.2) is 93.6 Å². The summed E-state index contributed by atoms with van der Waals surface area (Å²) in [5.41, 5.74) is 0. The zero-order chi connectivity index (χ0) is 19.6. The number of guanidine groups is 1. The quantitative estimate of drug-likeness (QED) is 0.198. The smallest absolute Gasteiger partial charge is 0.191 e. The van der Waals surface area contributed by atoms with E-state index >= 15 is 0 Å². The first-order valence-corrected chi connectivity index (χ1v) is 11.8. The standard InChI is InChI=1S/C18H39N5O2S.HI/c1-6-19-18(20-8-7-10-23(16(2)3)17(4)5)21-9-11-22-12-14-26(24,25)15-13-22;/h16-17H,6-15H2,1-5H3,(H2,19,20,21);1H. The second kappa shape index (κ2) is 13.9. The highest BCUT2D eigenvalue weighted by molar-refractivity contribution is 14.0. The van der Waals surface area contributed by atoms with Crippen LogP contribution in [0, 0.1) is 0 Å². The summed E-state index contributed by atoms with van der Waals surface area (Å²) in [6.07, 6.45) is 1.04. The first-order chi connectivity index (χ1) is 12.2. The van der Waals surface area contributed by atoms with Gasteiger partial charge >= 0.3 is 0 Å². The lowest BCUT2D eigenvalue weighted by Gasteiger charge is -2.30. The van der Waals surface area contributed by atoms with Crippen LogP contribution in [0.25, 0.3) is 0 Å². The van der Waals surface area contributed by atoms with Gasteiger partial charge in [-0.1, -0.05) is 0 Å². The van der Waals surface area contributed by atoms with Crippen molar-refractivity contribution in [3.05, 3.63) is 0 Å². The molecule has 0 spiro atoms. The van der Waals surface area contributed by atoms with E-state index in [2.05, 4.69) is 60.0 Å². The maximum absolute atomic E-state index is 11.5. The van der Waals surface area contributed by atoms with Crippen molar-refractivity contribution in [2.75, 3.05) is 57.3 Å². The Bertz CT molecular complexity index is 504. The van der Waals surface area contributed by atoms with Crippen LogP contribution in [0.5, 0.6) is 0 Å². The van der Waals surface area contributed by atoms with Crippen molar-refractivity contribution in [1.82, 2.24) is 20.4 Å². The van der Waals surface area contributed by atoms with Gasteiger partial charge in [0.05, 0.1) is 11.5 Å². The third-order valence-corrected chi connectivity index (χ3v) is 6.28. The van der Waals surface area contributed by atoms with Crippen LogP contribution in [0.15, 0.2) is 4.99 Å². The van der Waals surface area contributed by atoms with E-state index in [-0.39, 0.29) is 35.5 Å². The van der Waals surface area contributed by atoms with Gasteiger partial charge in [0.2, 0.25) is 0 Å². The van der Waals surface area contributed by atoms with Crippen LogP contribution in [0.1, 0.15) is 41.0 Å². The fraction of sp³-hybridized carbons (Fsp3) is 0.944. The molecule has 1 aliphatic heterocycles. The lowest BCUT2D eigenvalue weighted by molar-refractivity contribution is 0.174. The van der Waals surface area contributed by atoms with Crippen molar-refractivity contribution >= 4 is 39.8 Å². The molecule has 0 aromatic carbocycles. The Morgan fingerprint density at radius 2 is 1.70 bits per heavy atom. The predicted octanol–water partition coefficient (Wildman–Crippen LogP) is 1.40. The van der Waals surface area contributed by atoms with Gasteiger partial charge in [0.1, 0.15) is 0 Å². The molecule has 9 heteroatoms. The van der Waals surface area contributed by atoms with Gasteiger partial charge in [-0.3, -0.25) is 14.8 Å². The summed E-state index contributed by atoms with van der Waals surface area (Å²) >= 11 is 0. The first kappa shape index (κ1) is 26.9. The molecule has 0 amide bonds. The first-order valence-electron chi connectivity index (χ1n) is 9.96. The molecule has 0 saturated carbocycles. The Balaban J connectivity index is 0.00000676. The van der Waals surface area contributed by atoms with E-state index in [1.165, 1.54) is 0 Å². The summed E-state index contributed by atoms with van der Waals surface area (Å²) in [4.78, 5) is 9.34. The molecule has 1 fully saturated rings. The fourth-order valence-corrected chi connectivity index (χ4v) is 4.48. The number of rotatable bonds is 10. The van der Waals surface area contributed by atoms with Crippen molar-refractivity contribution < 1.29 is 8.42 Å². The highest BCUT2D eigenvalue weighted by atomic mass is 127. The van der Waals surface area contributed by atoms with Crippen molar-refractivity contribution in [2.24, 2.45) is 4.99 Å². The summed E-state index contributed by atoms with van der Waals surface area (Å²) < 4.78 is 22.9. The van der Waals surface area contributed by atoms with Gasteiger partial charge in [0.15, 0.2) is 15.8 Å². The molecule has 0 radical (unpaired) electrons. The van der Waals surface area contributed by atoms with E-state index in [0.717, 1.165) is 45.1 Å². The van der Waals surface area contributed by atoms with Crippen LogP contribution in [-0.2, 0) is 9.84 Å². The number of aliphatic imine (C=N–C) groups is 1. The van der Waals surface area contributed by atoms with Crippen LogP contribution in [0.4, 0.5) is 0 Å². The van der Waals surface area contributed by atoms with E-state index in [1.54, 1.807) is 0 Å². The van der Waals surface area contributed by atoms with E-state index < -0.39 is 9.84 Å². The summed E-state index contributed by atoms with van der Waals surface area (Å²) in [6.45, 7) is 16.6. The molecular weight excluding hydrogens is 477 g/mol. The summed E-state index contributed by atoms with van der Waals surface area (Å²) in [6, 6.07) is 1.11. The molecule has 0 bridgehead atoms. The van der Waals surface area contributed by atoms with Gasteiger partial charge in [-0.2, -0.15) is 0 Å². The Morgan fingerprint density at radius 1 is 1.11 bits per heavy atom. The number of sulfone groups is 1. The molecule has 0 unspecified atom stereocenters. The van der Waals surface area contributed by atoms with E-state index in [0.29, 0.717) is 25.2 Å². The minimum absolute atomic E-state index is 0. The number of hydrogen-bond donors (Lipinski definition) is 2. The average Bonchev–Trinajstić information content (AvgIpc) is 2.55. The molecule has 0 atom stereocenters. The Hall–Kier alpha value is -0.130. The molecule has 0 aromatic rings. The molecule has 0 aromatic heterocycles. The number of halogens is 1. The lowest BCUT2D eigenvalue weighted by atomic mass is 10.2. The molecule has 7 nitrogen and oxygen atoms in total. The van der Waals surface area contributed by atoms with Crippen molar-refractivity contribution in [1.29, 1.82) is 0 Å². The monoisotopic (exact) mass is 517 g/mol. The highest BCUT2D eigenvalue weighted by Gasteiger charge is 2.20. The Kier molecular flexibility index (Phi) is 13.9. The molecule has 162 valence electrons. The van der Waals surface area contributed by atoms with Crippen molar-refractivity contribution in [3.8, 4) is 0 Å². The highest BCUT2D eigenvalue weighted by Crippen LogP contribution is 2.05. The molecule has 1 rings (SSSR count). The third-order valence-electron chi connectivity index (χ3n) is 4.67. The van der Waals surface area contributed by atoms with Gasteiger partial charge in [0, 0.05) is 57.9 Å². The lowest BCUT2D eigenvalue weighted by Crippen LogP contribution is -2.46. The molecule has 2 N–H and O–H groups in total. The second-order valence-corrected chi connectivity index (χ2v) is 9.76. The Morgan fingerprint density at radius 3 is 2.22 bits per heavy atom. The second-order valence-electron chi connectivity index (χ2n) is 7.46. The maximum Gasteiger partial charge on any atom is 0.191 e. The van der Waals surface area contributed by atoms with Gasteiger partial charge in [0.25, 0.3) is 0 Å². The zero-order valence-corrected chi connectivity index (χ0v) is 20.8. The fourth-order valence-electron chi connectivity index (χ4n) is 3.20. The Labute approximate surface area is 183 Å². The maximum atomic E-state index is 11.5. The predicted molar refractivity (Wildman–Crippen MR) is 126 cm³/mol. The molecule has 1 saturated heterocycles. The van der Waals surface area contributed by atoms with Crippen molar-refractivity contribution in [2.45, 2.75) is 53.1 Å². The van der Waals surface area contributed by atoms with E-state index in [1.807, 2.05) is 0 Å². The number of nitrogens with zero attached hydrogens (tertiary/aromatic N) is 3. The van der Waals surface area contributed by atoms with Crippen LogP contribution < -0.4 is 10.6 Å². The van der Waals surface area contributed by atoms with Crippen LogP contribution in [0.2, 0.25) is 0 Å². The van der Waals surface area contributed by atoms with E-state index in [9.17, 15) is 8.42 Å². The number of hydrogen-bond acceptors (Lipinski definition) is 5. The van der Waals surface area contributed by atoms with Crippen LogP contribution >= 0.6 is 24.0 Å². The minimum Gasteiger partial charge on any atom is -0.357 e. The van der Waals surface area contributed by atoms with Gasteiger partial charge in [-0.25, -0.2) is 8.42 Å². The van der Waals surface area contributed by atoms with Crippen LogP contribution in [0.3, 0.4) is 0 Å². The average molecular weight is 518 g/mol. The third kappa shape index (κ3) is 11.5. The SMILES string of the molecule is CCNC(=NCCCN(C(C)C)C(C)C)NCCN1CCS(=O)(=O)CC1.I. The van der Waals surface area contributed by atoms with Crippen molar-refractivity contribution in [3.63, 3.8) is 0 Å². The zero-order valence-electron chi connectivity index (χ0n) is 17.7. The van der Waals surface area contributed by atoms with Gasteiger partial charge in [-0.05, 0) is 41.0 Å². The van der Waals surface area contributed by atoms with E-state index in [4.69, 9.17) is 0 Å². The molecule has 27 heavy (non-hydrogen) atoms. The largest absolute Gasteiger partial charge is 0.357 e. The topological polar surface area (TPSA) is 77.0 Å². The molecule has 1 heterocycles. The summed E-state index contributed by atoms with van der Waals surface area (Å²) in [5, 5.41) is 6.63. The molecular formula is C18H40IN5O2S. The minimum atomic E-state index is -2.80. The molecule has 1 aliphatic rings. The van der Waals surface area contributed by atoms with Gasteiger partial charge < -0.3 is 10.6 Å². The van der Waals surface area contributed by atoms with Gasteiger partial charge in [-0.15, -0.1) is 24.0 Å². The number of nitrogens with one attached hydrogen (secondary N) is 2. The summed E-state index contributed by atoms with van der Waals surface area (Å²) in [5.74, 6) is 1.41. The normalized spacial score (nSPS) is 18.0.